The van der Waals surface area contributed by atoms with Crippen LogP contribution in [0, 0.1) is 5.82 Å². The van der Waals surface area contributed by atoms with Crippen molar-refractivity contribution in [1.82, 2.24) is 5.32 Å². The Bertz CT molecular complexity index is 779. The van der Waals surface area contributed by atoms with Crippen molar-refractivity contribution in [3.63, 3.8) is 0 Å². The molecule has 8 heteroatoms. The third-order valence-electron chi connectivity index (χ3n) is 2.89. The molecule has 0 heterocycles. The number of nitrogens with one attached hydrogen (secondary N) is 2. The maximum Gasteiger partial charge on any atom is 0.326 e. The van der Waals surface area contributed by atoms with Crippen LogP contribution in [0.25, 0.3) is 0 Å². The number of nitrogens with two attached hydrogens (primary N) is 1. The van der Waals surface area contributed by atoms with Gasteiger partial charge in [-0.05, 0) is 24.3 Å². The van der Waals surface area contributed by atoms with Gasteiger partial charge in [0.2, 0.25) is 0 Å². The summed E-state index contributed by atoms with van der Waals surface area (Å²) in [4.78, 5) is 34.5. The zero-order valence-electron chi connectivity index (χ0n) is 12.4. The standard InChI is InChI=1S/C16H14FN3O4/c17-11-6-2-3-7-12(11)19-16(23)20-14(21)9-24-13-8-4-1-5-10(13)15(18)22/h1-8H,9H2,(H2,18,22)(H2,19,20,21,23). The first-order valence-corrected chi connectivity index (χ1v) is 6.84. The third-order valence-corrected chi connectivity index (χ3v) is 2.89. The van der Waals surface area contributed by atoms with Crippen LogP contribution in [-0.2, 0) is 4.79 Å². The molecular weight excluding hydrogens is 317 g/mol. The number of benzene rings is 2. The van der Waals surface area contributed by atoms with Crippen LogP contribution in [-0.4, -0.2) is 24.5 Å². The quantitative estimate of drug-likeness (QED) is 0.773. The molecule has 2 aromatic rings. The van der Waals surface area contributed by atoms with Gasteiger partial charge in [0, 0.05) is 0 Å². The second-order valence-corrected chi connectivity index (χ2v) is 4.63. The predicted octanol–water partition coefficient (Wildman–Crippen LogP) is 1.65. The summed E-state index contributed by atoms with van der Waals surface area (Å²) >= 11 is 0. The van der Waals surface area contributed by atoms with Crippen LogP contribution in [0.3, 0.4) is 0 Å². The number of imide groups is 1. The zero-order chi connectivity index (χ0) is 17.5. The Kier molecular flexibility index (Phi) is 5.45. The molecule has 0 saturated heterocycles. The van der Waals surface area contributed by atoms with E-state index in [4.69, 9.17) is 10.5 Å². The number of amides is 4. The normalized spacial score (nSPS) is 9.88. The Morgan fingerprint density at radius 1 is 1.04 bits per heavy atom. The Morgan fingerprint density at radius 2 is 1.71 bits per heavy atom. The van der Waals surface area contributed by atoms with E-state index in [1.54, 1.807) is 12.1 Å². The predicted molar refractivity (Wildman–Crippen MR) is 84.0 cm³/mol. The Morgan fingerprint density at radius 3 is 2.42 bits per heavy atom. The minimum absolute atomic E-state index is 0.0669. The van der Waals surface area contributed by atoms with Gasteiger partial charge in [0.1, 0.15) is 11.6 Å². The van der Waals surface area contributed by atoms with Crippen molar-refractivity contribution in [2.75, 3.05) is 11.9 Å². The highest BCUT2D eigenvalue weighted by atomic mass is 19.1. The summed E-state index contributed by atoms with van der Waals surface area (Å²) in [5.41, 5.74) is 5.23. The van der Waals surface area contributed by atoms with Crippen molar-refractivity contribution in [3.05, 3.63) is 59.9 Å². The van der Waals surface area contributed by atoms with Gasteiger partial charge in [-0.15, -0.1) is 0 Å². The zero-order valence-corrected chi connectivity index (χ0v) is 12.4. The molecule has 0 spiro atoms. The third kappa shape index (κ3) is 4.54. The highest BCUT2D eigenvalue weighted by molar-refractivity contribution is 6.01. The highest BCUT2D eigenvalue weighted by Gasteiger charge is 2.13. The number of carbonyl (C=O) groups excluding carboxylic acids is 3. The second-order valence-electron chi connectivity index (χ2n) is 4.63. The van der Waals surface area contributed by atoms with Crippen LogP contribution in [0.15, 0.2) is 48.5 Å². The van der Waals surface area contributed by atoms with E-state index in [2.05, 4.69) is 5.32 Å². The van der Waals surface area contributed by atoms with E-state index >= 15 is 0 Å². The van der Waals surface area contributed by atoms with Gasteiger partial charge < -0.3 is 15.8 Å². The molecule has 4 N–H and O–H groups in total. The molecule has 0 aromatic heterocycles. The van der Waals surface area contributed by atoms with Crippen molar-refractivity contribution in [2.45, 2.75) is 0 Å². The minimum Gasteiger partial charge on any atom is -0.483 e. The molecule has 124 valence electrons. The second kappa shape index (κ2) is 7.73. The lowest BCUT2D eigenvalue weighted by molar-refractivity contribution is -0.121. The van der Waals surface area contributed by atoms with Gasteiger partial charge in [-0.2, -0.15) is 0 Å². The molecule has 4 amide bonds. The number of anilines is 1. The molecular formula is C16H14FN3O4. The van der Waals surface area contributed by atoms with Gasteiger partial charge in [-0.1, -0.05) is 24.3 Å². The summed E-state index contributed by atoms with van der Waals surface area (Å²) in [6.07, 6.45) is 0. The van der Waals surface area contributed by atoms with E-state index in [-0.39, 0.29) is 17.0 Å². The number of carbonyl (C=O) groups is 3. The number of primary amides is 1. The molecule has 0 aliphatic carbocycles. The molecule has 0 atom stereocenters. The Labute approximate surface area is 136 Å². The molecule has 0 aliphatic rings. The molecule has 0 saturated carbocycles. The largest absolute Gasteiger partial charge is 0.483 e. The first-order chi connectivity index (χ1) is 11.5. The van der Waals surface area contributed by atoms with E-state index in [1.165, 1.54) is 36.4 Å². The lowest BCUT2D eigenvalue weighted by atomic mass is 10.2. The van der Waals surface area contributed by atoms with Crippen molar-refractivity contribution in [3.8, 4) is 5.75 Å². The van der Waals surface area contributed by atoms with E-state index in [1.807, 2.05) is 5.32 Å². The number of urea groups is 1. The average molecular weight is 331 g/mol. The maximum atomic E-state index is 13.4. The molecule has 2 aromatic carbocycles. The van der Waals surface area contributed by atoms with Gasteiger partial charge >= 0.3 is 6.03 Å². The monoisotopic (exact) mass is 331 g/mol. The van der Waals surface area contributed by atoms with Crippen LogP contribution in [0.1, 0.15) is 10.4 Å². The first-order valence-electron chi connectivity index (χ1n) is 6.84. The van der Waals surface area contributed by atoms with Gasteiger partial charge in [-0.25, -0.2) is 9.18 Å². The molecule has 0 aliphatic heterocycles. The Hall–Kier alpha value is -3.42. The average Bonchev–Trinajstić information content (AvgIpc) is 2.55. The van der Waals surface area contributed by atoms with E-state index in [9.17, 15) is 18.8 Å². The SMILES string of the molecule is NC(=O)c1ccccc1OCC(=O)NC(=O)Nc1ccccc1F. The summed E-state index contributed by atoms with van der Waals surface area (Å²) in [6, 6.07) is 10.7. The van der Waals surface area contributed by atoms with Gasteiger partial charge in [0.05, 0.1) is 11.3 Å². The van der Waals surface area contributed by atoms with Crippen molar-refractivity contribution >= 4 is 23.5 Å². The topological polar surface area (TPSA) is 111 Å². The van der Waals surface area contributed by atoms with Crippen LogP contribution in [0.2, 0.25) is 0 Å². The van der Waals surface area contributed by atoms with E-state index in [0.29, 0.717) is 0 Å². The summed E-state index contributed by atoms with van der Waals surface area (Å²) in [7, 11) is 0. The number of ether oxygens (including phenoxy) is 1. The fraction of sp³-hybridized carbons (Fsp3) is 0.0625. The van der Waals surface area contributed by atoms with Crippen molar-refractivity contribution in [2.24, 2.45) is 5.73 Å². The molecule has 24 heavy (non-hydrogen) atoms. The molecule has 0 bridgehead atoms. The molecule has 7 nitrogen and oxygen atoms in total. The molecule has 0 radical (unpaired) electrons. The van der Waals surface area contributed by atoms with Gasteiger partial charge in [0.25, 0.3) is 11.8 Å². The minimum atomic E-state index is -0.906. The lowest BCUT2D eigenvalue weighted by Crippen LogP contribution is -2.37. The number of hydrogen-bond acceptors (Lipinski definition) is 4. The van der Waals surface area contributed by atoms with Crippen LogP contribution < -0.4 is 21.1 Å². The summed E-state index contributed by atoms with van der Waals surface area (Å²) in [5, 5.41) is 4.17. The molecule has 2 rings (SSSR count). The number of halogens is 1. The Balaban J connectivity index is 1.89. The lowest BCUT2D eigenvalue weighted by Gasteiger charge is -2.10. The van der Waals surface area contributed by atoms with Crippen LogP contribution in [0.5, 0.6) is 5.75 Å². The van der Waals surface area contributed by atoms with E-state index < -0.39 is 30.3 Å². The van der Waals surface area contributed by atoms with Crippen molar-refractivity contribution in [1.29, 1.82) is 0 Å². The highest BCUT2D eigenvalue weighted by Crippen LogP contribution is 2.17. The summed E-state index contributed by atoms with van der Waals surface area (Å²) in [6.45, 7) is -0.519. The van der Waals surface area contributed by atoms with E-state index in [0.717, 1.165) is 0 Å². The number of hydrogen-bond donors (Lipinski definition) is 3. The summed E-state index contributed by atoms with van der Waals surface area (Å²) < 4.78 is 18.5. The summed E-state index contributed by atoms with van der Waals surface area (Å²) in [5.74, 6) is -1.99. The van der Waals surface area contributed by atoms with Crippen LogP contribution in [0.4, 0.5) is 14.9 Å². The number of rotatable bonds is 5. The molecule has 0 unspecified atom stereocenters. The fourth-order valence-corrected chi connectivity index (χ4v) is 1.82. The van der Waals surface area contributed by atoms with Gasteiger partial charge in [0.15, 0.2) is 6.61 Å². The maximum absolute atomic E-state index is 13.4. The molecule has 0 fully saturated rings. The van der Waals surface area contributed by atoms with Gasteiger partial charge in [-0.3, -0.25) is 14.9 Å². The fourth-order valence-electron chi connectivity index (χ4n) is 1.82. The van der Waals surface area contributed by atoms with Crippen molar-refractivity contribution < 1.29 is 23.5 Å². The first kappa shape index (κ1) is 16.9. The number of para-hydroxylation sites is 2. The smallest absolute Gasteiger partial charge is 0.326 e. The van der Waals surface area contributed by atoms with Crippen LogP contribution >= 0.6 is 0 Å².